The molecule has 0 radical (unpaired) electrons. The van der Waals surface area contributed by atoms with Crippen LogP contribution in [0.1, 0.15) is 76.6 Å². The molecule has 0 saturated carbocycles. The van der Waals surface area contributed by atoms with Crippen molar-refractivity contribution in [3.8, 4) is 22.9 Å². The molecular formula is C29H39N3O2. The van der Waals surface area contributed by atoms with Crippen molar-refractivity contribution in [1.29, 1.82) is 0 Å². The van der Waals surface area contributed by atoms with Crippen LogP contribution in [0.3, 0.4) is 0 Å². The van der Waals surface area contributed by atoms with Crippen molar-refractivity contribution >= 4 is 0 Å². The molecule has 0 bridgehead atoms. The molecule has 1 aromatic heterocycles. The summed E-state index contributed by atoms with van der Waals surface area (Å²) in [5, 5.41) is 3.96. The number of fused-ring (bicyclic) bond motifs is 1. The molecule has 0 fully saturated rings. The van der Waals surface area contributed by atoms with E-state index in [1.165, 1.54) is 36.1 Å². The molecule has 4 rings (SSSR count). The fraction of sp³-hybridized carbons (Fsp3) is 0.483. The monoisotopic (exact) mass is 461 g/mol. The van der Waals surface area contributed by atoms with Crippen LogP contribution in [0.4, 0.5) is 0 Å². The standard InChI is InChI=1S/C29H39N3O2/c1-4-6-9-14-25(18-23-15-16-27-28(19-23)34-21-33-27)31-22(3)26-20-30-29(32(26)17-7-5-2)24-12-10-8-11-13-24/h8,10-13,15-16,19-20,22,25,31H,4-7,9,14,17-18,21H2,1-3H3. The van der Waals surface area contributed by atoms with E-state index in [0.717, 1.165) is 49.6 Å². The smallest absolute Gasteiger partial charge is 0.231 e. The maximum atomic E-state index is 5.61. The second-order valence-corrected chi connectivity index (χ2v) is 9.35. The van der Waals surface area contributed by atoms with Gasteiger partial charge in [-0.2, -0.15) is 0 Å². The number of aromatic nitrogens is 2. The van der Waals surface area contributed by atoms with Gasteiger partial charge in [0.25, 0.3) is 0 Å². The third-order valence-electron chi connectivity index (χ3n) is 6.66. The molecule has 1 N–H and O–H groups in total. The molecule has 34 heavy (non-hydrogen) atoms. The highest BCUT2D eigenvalue weighted by Crippen LogP contribution is 2.33. The molecule has 1 aliphatic heterocycles. The van der Waals surface area contributed by atoms with Gasteiger partial charge in [0, 0.05) is 24.2 Å². The van der Waals surface area contributed by atoms with Crippen LogP contribution in [0.5, 0.6) is 11.5 Å². The van der Waals surface area contributed by atoms with E-state index in [-0.39, 0.29) is 6.04 Å². The molecule has 1 aliphatic rings. The Morgan fingerprint density at radius 2 is 1.76 bits per heavy atom. The Hall–Kier alpha value is -2.79. The number of benzene rings is 2. The highest BCUT2D eigenvalue weighted by molar-refractivity contribution is 5.56. The summed E-state index contributed by atoms with van der Waals surface area (Å²) in [5.74, 6) is 2.78. The molecular weight excluding hydrogens is 422 g/mol. The SMILES string of the molecule is CCCCCC(Cc1ccc2c(c1)OCO2)NC(C)c1cnc(-c2ccccc2)n1CCCC. The van der Waals surface area contributed by atoms with E-state index in [1.54, 1.807) is 0 Å². The Morgan fingerprint density at radius 1 is 0.971 bits per heavy atom. The zero-order chi connectivity index (χ0) is 23.8. The molecule has 2 heterocycles. The number of nitrogens with zero attached hydrogens (tertiary/aromatic N) is 2. The minimum absolute atomic E-state index is 0.211. The van der Waals surface area contributed by atoms with Crippen LogP contribution < -0.4 is 14.8 Å². The van der Waals surface area contributed by atoms with Gasteiger partial charge in [-0.05, 0) is 43.9 Å². The van der Waals surface area contributed by atoms with E-state index in [4.69, 9.17) is 14.5 Å². The van der Waals surface area contributed by atoms with E-state index in [0.29, 0.717) is 12.8 Å². The lowest BCUT2D eigenvalue weighted by molar-refractivity contribution is 0.174. The molecule has 0 amide bonds. The van der Waals surface area contributed by atoms with E-state index >= 15 is 0 Å². The van der Waals surface area contributed by atoms with Crippen LogP contribution in [-0.2, 0) is 13.0 Å². The third kappa shape index (κ3) is 6.01. The molecule has 3 aromatic rings. The molecule has 0 spiro atoms. The Morgan fingerprint density at radius 3 is 2.56 bits per heavy atom. The van der Waals surface area contributed by atoms with Crippen molar-refractivity contribution in [3.05, 3.63) is 66.0 Å². The number of unbranched alkanes of at least 4 members (excludes halogenated alkanes) is 3. The first-order valence-corrected chi connectivity index (χ1v) is 12.9. The van der Waals surface area contributed by atoms with Crippen molar-refractivity contribution in [1.82, 2.24) is 14.9 Å². The first kappa shape index (κ1) is 24.3. The number of ether oxygens (including phenoxy) is 2. The molecule has 0 aliphatic carbocycles. The van der Waals surface area contributed by atoms with Crippen molar-refractivity contribution in [2.24, 2.45) is 0 Å². The van der Waals surface area contributed by atoms with Crippen LogP contribution in [0.2, 0.25) is 0 Å². The van der Waals surface area contributed by atoms with Crippen molar-refractivity contribution in [3.63, 3.8) is 0 Å². The Kier molecular flexibility index (Phi) is 8.64. The number of rotatable bonds is 13. The topological polar surface area (TPSA) is 48.3 Å². The van der Waals surface area contributed by atoms with Crippen molar-refractivity contribution in [2.45, 2.75) is 84.3 Å². The summed E-state index contributed by atoms with van der Waals surface area (Å²) in [6, 6.07) is 17.5. The van der Waals surface area contributed by atoms with E-state index in [9.17, 15) is 0 Å². The van der Waals surface area contributed by atoms with Gasteiger partial charge in [-0.25, -0.2) is 4.98 Å². The first-order chi connectivity index (χ1) is 16.7. The predicted octanol–water partition coefficient (Wildman–Crippen LogP) is 6.92. The summed E-state index contributed by atoms with van der Waals surface area (Å²) in [6.07, 6.45) is 10.2. The number of nitrogens with one attached hydrogen (secondary N) is 1. The molecule has 2 unspecified atom stereocenters. The number of hydrogen-bond acceptors (Lipinski definition) is 4. The van der Waals surface area contributed by atoms with Crippen molar-refractivity contribution in [2.75, 3.05) is 6.79 Å². The van der Waals surface area contributed by atoms with E-state index < -0.39 is 0 Å². The second kappa shape index (κ2) is 12.1. The van der Waals surface area contributed by atoms with Crippen LogP contribution in [0.25, 0.3) is 11.4 Å². The molecule has 182 valence electrons. The predicted molar refractivity (Wildman–Crippen MR) is 138 cm³/mol. The second-order valence-electron chi connectivity index (χ2n) is 9.35. The fourth-order valence-corrected chi connectivity index (χ4v) is 4.78. The van der Waals surface area contributed by atoms with E-state index in [2.05, 4.69) is 79.3 Å². The van der Waals surface area contributed by atoms with Crippen molar-refractivity contribution < 1.29 is 9.47 Å². The van der Waals surface area contributed by atoms with Crippen LogP contribution in [0.15, 0.2) is 54.7 Å². The minimum Gasteiger partial charge on any atom is -0.454 e. The summed E-state index contributed by atoms with van der Waals surface area (Å²) in [5.41, 5.74) is 3.73. The molecule has 5 heteroatoms. The lowest BCUT2D eigenvalue weighted by Crippen LogP contribution is -2.34. The molecule has 0 saturated heterocycles. The van der Waals surface area contributed by atoms with Crippen LogP contribution >= 0.6 is 0 Å². The maximum absolute atomic E-state index is 5.61. The quantitative estimate of drug-likeness (QED) is 0.281. The highest BCUT2D eigenvalue weighted by atomic mass is 16.7. The summed E-state index contributed by atoms with van der Waals surface area (Å²) < 4.78 is 13.5. The summed E-state index contributed by atoms with van der Waals surface area (Å²) >= 11 is 0. The summed E-state index contributed by atoms with van der Waals surface area (Å²) in [4.78, 5) is 4.86. The Balaban J connectivity index is 1.53. The Bertz CT molecular complexity index is 1030. The number of hydrogen-bond donors (Lipinski definition) is 1. The van der Waals surface area contributed by atoms with E-state index in [1.807, 2.05) is 6.07 Å². The summed E-state index contributed by atoms with van der Waals surface area (Å²) in [6.45, 7) is 8.10. The van der Waals surface area contributed by atoms with Gasteiger partial charge < -0.3 is 19.4 Å². The molecule has 2 aromatic carbocycles. The summed E-state index contributed by atoms with van der Waals surface area (Å²) in [7, 11) is 0. The largest absolute Gasteiger partial charge is 0.454 e. The third-order valence-corrected chi connectivity index (χ3v) is 6.66. The fourth-order valence-electron chi connectivity index (χ4n) is 4.78. The van der Waals surface area contributed by atoms with Gasteiger partial charge in [-0.1, -0.05) is 75.9 Å². The van der Waals surface area contributed by atoms with Gasteiger partial charge in [-0.15, -0.1) is 0 Å². The average molecular weight is 462 g/mol. The average Bonchev–Trinajstić information content (AvgIpc) is 3.50. The molecule has 2 atom stereocenters. The van der Waals surface area contributed by atoms with Crippen LogP contribution in [-0.4, -0.2) is 22.4 Å². The normalized spacial score (nSPS) is 14.3. The van der Waals surface area contributed by atoms with Crippen LogP contribution in [0, 0.1) is 0 Å². The minimum atomic E-state index is 0.211. The maximum Gasteiger partial charge on any atom is 0.231 e. The van der Waals surface area contributed by atoms with Gasteiger partial charge in [0.15, 0.2) is 11.5 Å². The first-order valence-electron chi connectivity index (χ1n) is 12.9. The van der Waals surface area contributed by atoms with Gasteiger partial charge in [0.05, 0.1) is 11.9 Å². The Labute approximate surface area is 204 Å². The van der Waals surface area contributed by atoms with Gasteiger partial charge in [0.1, 0.15) is 5.82 Å². The lowest BCUT2D eigenvalue weighted by atomic mass is 9.99. The highest BCUT2D eigenvalue weighted by Gasteiger charge is 2.21. The number of imidazole rings is 1. The zero-order valence-corrected chi connectivity index (χ0v) is 20.9. The zero-order valence-electron chi connectivity index (χ0n) is 20.9. The van der Waals surface area contributed by atoms with Gasteiger partial charge in [-0.3, -0.25) is 0 Å². The lowest BCUT2D eigenvalue weighted by Gasteiger charge is -2.25. The molecule has 5 nitrogen and oxygen atoms in total. The van der Waals surface area contributed by atoms with Gasteiger partial charge in [0.2, 0.25) is 6.79 Å². The van der Waals surface area contributed by atoms with Gasteiger partial charge >= 0.3 is 0 Å².